The Morgan fingerprint density at radius 3 is 3.11 bits per heavy atom. The molecule has 1 aliphatic rings. The normalized spacial score (nSPS) is 15.9. The van der Waals surface area contributed by atoms with E-state index in [1.54, 1.807) is 11.3 Å². The molecule has 0 spiro atoms. The second kappa shape index (κ2) is 7.31. The number of aliphatic hydroxyl groups is 1. The third kappa shape index (κ3) is 3.97. The lowest BCUT2D eigenvalue weighted by Gasteiger charge is -2.13. The van der Waals surface area contributed by atoms with Crippen LogP contribution in [0.4, 0.5) is 0 Å². The molecule has 19 heavy (non-hydrogen) atoms. The van der Waals surface area contributed by atoms with E-state index in [2.05, 4.69) is 18.3 Å². The average Bonchev–Trinajstić information content (AvgIpc) is 2.87. The van der Waals surface area contributed by atoms with Gasteiger partial charge in [0, 0.05) is 23.8 Å². The minimum atomic E-state index is 0.0424. The van der Waals surface area contributed by atoms with Gasteiger partial charge in [-0.25, -0.2) is 0 Å². The number of thiophene rings is 1. The van der Waals surface area contributed by atoms with Crippen LogP contribution in [-0.2, 0) is 12.2 Å². The van der Waals surface area contributed by atoms with Crippen LogP contribution in [0.5, 0.6) is 0 Å². The summed E-state index contributed by atoms with van der Waals surface area (Å²) in [6.07, 6.45) is 2.84. The summed E-state index contributed by atoms with van der Waals surface area (Å²) in [4.78, 5) is 14.3. The van der Waals surface area contributed by atoms with Gasteiger partial charge in [-0.05, 0) is 36.1 Å². The molecular weight excluding hydrogens is 278 g/mol. The standard InChI is InChI=1S/C14H21NO2S2/c1-2-10(3-5-16)8-15-14(17)13-7-11-9-18-6-4-12(11)19-13/h7,10,16H,2-6,8-9H2,1H3,(H,15,17). The molecule has 1 aromatic rings. The van der Waals surface area contributed by atoms with E-state index in [0.717, 1.165) is 29.9 Å². The molecule has 1 amide bonds. The largest absolute Gasteiger partial charge is 0.396 e. The first kappa shape index (κ1) is 14.9. The Balaban J connectivity index is 1.90. The highest BCUT2D eigenvalue weighted by Crippen LogP contribution is 2.31. The van der Waals surface area contributed by atoms with Gasteiger partial charge >= 0.3 is 0 Å². The summed E-state index contributed by atoms with van der Waals surface area (Å²) in [7, 11) is 0. The van der Waals surface area contributed by atoms with Crippen molar-refractivity contribution >= 4 is 29.0 Å². The van der Waals surface area contributed by atoms with Crippen molar-refractivity contribution in [2.24, 2.45) is 5.92 Å². The second-order valence-electron chi connectivity index (χ2n) is 4.86. The third-order valence-electron chi connectivity index (χ3n) is 3.52. The average molecular weight is 299 g/mol. The molecule has 3 nitrogen and oxygen atoms in total. The Morgan fingerprint density at radius 2 is 2.42 bits per heavy atom. The maximum atomic E-state index is 12.1. The molecule has 0 saturated carbocycles. The van der Waals surface area contributed by atoms with Crippen LogP contribution in [0.3, 0.4) is 0 Å². The van der Waals surface area contributed by atoms with Gasteiger partial charge in [-0.15, -0.1) is 11.3 Å². The fraction of sp³-hybridized carbons (Fsp3) is 0.643. The SMILES string of the molecule is CCC(CCO)CNC(=O)c1cc2c(s1)CCSC2. The van der Waals surface area contributed by atoms with Gasteiger partial charge in [-0.3, -0.25) is 4.79 Å². The minimum Gasteiger partial charge on any atom is -0.396 e. The second-order valence-corrected chi connectivity index (χ2v) is 7.10. The number of aryl methyl sites for hydroxylation is 1. The highest BCUT2D eigenvalue weighted by atomic mass is 32.2. The Labute approximate surface area is 122 Å². The number of fused-ring (bicyclic) bond motifs is 1. The first-order valence-corrected chi connectivity index (χ1v) is 8.80. The smallest absolute Gasteiger partial charge is 0.261 e. The fourth-order valence-electron chi connectivity index (χ4n) is 2.22. The molecule has 0 radical (unpaired) electrons. The van der Waals surface area contributed by atoms with Gasteiger partial charge in [0.15, 0.2) is 0 Å². The molecule has 106 valence electrons. The molecule has 1 aromatic heterocycles. The van der Waals surface area contributed by atoms with Crippen molar-refractivity contribution < 1.29 is 9.90 Å². The summed E-state index contributed by atoms with van der Waals surface area (Å²) in [5, 5.41) is 11.9. The molecular formula is C14H21NO2S2. The predicted octanol–water partition coefficient (Wildman–Crippen LogP) is 2.68. The Bertz CT molecular complexity index is 408. The molecule has 5 heteroatoms. The van der Waals surface area contributed by atoms with Crippen molar-refractivity contribution in [2.75, 3.05) is 18.9 Å². The van der Waals surface area contributed by atoms with E-state index in [0.29, 0.717) is 12.5 Å². The monoisotopic (exact) mass is 299 g/mol. The van der Waals surface area contributed by atoms with Crippen LogP contribution in [0, 0.1) is 5.92 Å². The van der Waals surface area contributed by atoms with Gasteiger partial charge in [0.25, 0.3) is 5.91 Å². The molecule has 2 heterocycles. The number of amides is 1. The molecule has 0 fully saturated rings. The zero-order valence-corrected chi connectivity index (χ0v) is 12.9. The zero-order valence-electron chi connectivity index (χ0n) is 11.3. The van der Waals surface area contributed by atoms with Gasteiger partial charge in [-0.2, -0.15) is 11.8 Å². The molecule has 2 rings (SSSR count). The highest BCUT2D eigenvalue weighted by Gasteiger charge is 2.18. The van der Waals surface area contributed by atoms with E-state index in [-0.39, 0.29) is 12.5 Å². The molecule has 0 saturated heterocycles. The Kier molecular flexibility index (Phi) is 5.73. The van der Waals surface area contributed by atoms with Crippen LogP contribution in [0.1, 0.15) is 39.9 Å². The molecule has 1 atom stereocenters. The highest BCUT2D eigenvalue weighted by molar-refractivity contribution is 7.98. The lowest BCUT2D eigenvalue weighted by atomic mass is 10.0. The number of carbonyl (C=O) groups is 1. The van der Waals surface area contributed by atoms with Crippen LogP contribution in [0.25, 0.3) is 0 Å². The van der Waals surface area contributed by atoms with E-state index >= 15 is 0 Å². The van der Waals surface area contributed by atoms with E-state index in [4.69, 9.17) is 5.11 Å². The number of carbonyl (C=O) groups excluding carboxylic acids is 1. The van der Waals surface area contributed by atoms with Gasteiger partial charge in [0.1, 0.15) is 0 Å². The minimum absolute atomic E-state index is 0.0424. The number of aliphatic hydroxyl groups excluding tert-OH is 1. The van der Waals surface area contributed by atoms with Crippen LogP contribution in [-0.4, -0.2) is 29.9 Å². The quantitative estimate of drug-likeness (QED) is 0.849. The van der Waals surface area contributed by atoms with Crippen LogP contribution in [0.2, 0.25) is 0 Å². The molecule has 2 N–H and O–H groups in total. The van der Waals surface area contributed by atoms with Crippen molar-refractivity contribution in [3.8, 4) is 0 Å². The topological polar surface area (TPSA) is 49.3 Å². The van der Waals surface area contributed by atoms with Gasteiger partial charge in [0.2, 0.25) is 0 Å². The Morgan fingerprint density at radius 1 is 1.58 bits per heavy atom. The van der Waals surface area contributed by atoms with Gasteiger partial charge < -0.3 is 10.4 Å². The number of nitrogens with one attached hydrogen (secondary N) is 1. The molecule has 0 bridgehead atoms. The lowest BCUT2D eigenvalue weighted by Crippen LogP contribution is -2.29. The van der Waals surface area contributed by atoms with Crippen LogP contribution >= 0.6 is 23.1 Å². The maximum absolute atomic E-state index is 12.1. The molecule has 1 unspecified atom stereocenters. The van der Waals surface area contributed by atoms with E-state index in [1.807, 2.05) is 11.8 Å². The lowest BCUT2D eigenvalue weighted by molar-refractivity contribution is 0.0947. The predicted molar refractivity (Wildman–Crippen MR) is 82.0 cm³/mol. The molecule has 1 aliphatic heterocycles. The number of thioether (sulfide) groups is 1. The van der Waals surface area contributed by atoms with E-state index < -0.39 is 0 Å². The van der Waals surface area contributed by atoms with Crippen molar-refractivity contribution in [2.45, 2.75) is 31.9 Å². The number of hydrogen-bond donors (Lipinski definition) is 2. The van der Waals surface area contributed by atoms with Crippen molar-refractivity contribution in [1.29, 1.82) is 0 Å². The number of rotatable bonds is 6. The van der Waals surface area contributed by atoms with Crippen molar-refractivity contribution in [1.82, 2.24) is 5.32 Å². The summed E-state index contributed by atoms with van der Waals surface area (Å²) in [5.74, 6) is 2.63. The van der Waals surface area contributed by atoms with Crippen molar-refractivity contribution in [3.05, 3.63) is 21.4 Å². The summed E-state index contributed by atoms with van der Waals surface area (Å²) < 4.78 is 0. The summed E-state index contributed by atoms with van der Waals surface area (Å²) in [5.41, 5.74) is 1.34. The third-order valence-corrected chi connectivity index (χ3v) is 5.76. The van der Waals surface area contributed by atoms with Gasteiger partial charge in [-0.1, -0.05) is 13.3 Å². The molecule has 0 aliphatic carbocycles. The molecule has 0 aromatic carbocycles. The fourth-order valence-corrected chi connectivity index (χ4v) is 4.51. The Hall–Kier alpha value is -0.520. The van der Waals surface area contributed by atoms with Crippen molar-refractivity contribution in [3.63, 3.8) is 0 Å². The maximum Gasteiger partial charge on any atom is 0.261 e. The number of hydrogen-bond acceptors (Lipinski definition) is 4. The first-order chi connectivity index (χ1) is 9.24. The van der Waals surface area contributed by atoms with Crippen LogP contribution in [0.15, 0.2) is 6.07 Å². The summed E-state index contributed by atoms with van der Waals surface area (Å²) >= 11 is 3.58. The summed E-state index contributed by atoms with van der Waals surface area (Å²) in [6.45, 7) is 2.94. The summed E-state index contributed by atoms with van der Waals surface area (Å²) in [6, 6.07) is 2.05. The van der Waals surface area contributed by atoms with Gasteiger partial charge in [0.05, 0.1) is 4.88 Å². The van der Waals surface area contributed by atoms with E-state index in [1.165, 1.54) is 16.2 Å². The first-order valence-electron chi connectivity index (χ1n) is 6.83. The zero-order chi connectivity index (χ0) is 13.7. The van der Waals surface area contributed by atoms with Crippen LogP contribution < -0.4 is 5.32 Å². The van der Waals surface area contributed by atoms with E-state index in [9.17, 15) is 4.79 Å².